The van der Waals surface area contributed by atoms with Crippen LogP contribution >= 0.6 is 0 Å². The van der Waals surface area contributed by atoms with Crippen LogP contribution in [-0.4, -0.2) is 36.6 Å². The molecule has 3 rings (SSSR count). The van der Waals surface area contributed by atoms with Crippen molar-refractivity contribution in [2.75, 3.05) is 7.11 Å². The fourth-order valence-corrected chi connectivity index (χ4v) is 2.54. The standard InChI is InChI=1S/C17H22N6O/c1-12(2)9-16-20-17(13(3)22-11-18-10-19-22)23(21-16)14-5-7-15(24-4)8-6-14/h5-8,10-13H,9H2,1-4H3. The summed E-state index contributed by atoms with van der Waals surface area (Å²) in [6.07, 6.45) is 4.06. The second-order valence-corrected chi connectivity index (χ2v) is 6.15. The van der Waals surface area contributed by atoms with Gasteiger partial charge in [-0.1, -0.05) is 13.8 Å². The van der Waals surface area contributed by atoms with E-state index in [0.717, 1.165) is 29.5 Å². The van der Waals surface area contributed by atoms with Crippen LogP contribution < -0.4 is 4.74 Å². The van der Waals surface area contributed by atoms with Gasteiger partial charge in [0.15, 0.2) is 11.6 Å². The zero-order valence-corrected chi connectivity index (χ0v) is 14.4. The van der Waals surface area contributed by atoms with E-state index in [1.54, 1.807) is 18.1 Å². The number of hydrogen-bond acceptors (Lipinski definition) is 5. The number of aromatic nitrogens is 6. The van der Waals surface area contributed by atoms with E-state index in [1.165, 1.54) is 6.33 Å². The quantitative estimate of drug-likeness (QED) is 0.696. The van der Waals surface area contributed by atoms with Gasteiger partial charge in [0.1, 0.15) is 24.4 Å². The van der Waals surface area contributed by atoms with E-state index in [9.17, 15) is 0 Å². The number of methoxy groups -OCH3 is 1. The van der Waals surface area contributed by atoms with Gasteiger partial charge in [0.05, 0.1) is 12.8 Å². The van der Waals surface area contributed by atoms with Crippen molar-refractivity contribution in [1.82, 2.24) is 29.5 Å². The van der Waals surface area contributed by atoms with Gasteiger partial charge in [-0.25, -0.2) is 19.3 Å². The maximum absolute atomic E-state index is 5.23. The predicted octanol–water partition coefficient (Wildman–Crippen LogP) is 2.68. The Labute approximate surface area is 141 Å². The van der Waals surface area contributed by atoms with Gasteiger partial charge < -0.3 is 4.74 Å². The lowest BCUT2D eigenvalue weighted by molar-refractivity contribution is 0.414. The van der Waals surface area contributed by atoms with Crippen molar-refractivity contribution in [3.8, 4) is 11.4 Å². The molecule has 1 aromatic carbocycles. The minimum atomic E-state index is -0.0667. The first kappa shape index (κ1) is 16.2. The smallest absolute Gasteiger partial charge is 0.157 e. The molecule has 0 spiro atoms. The molecule has 7 nitrogen and oxygen atoms in total. The number of nitrogens with zero attached hydrogens (tertiary/aromatic N) is 6. The van der Waals surface area contributed by atoms with Gasteiger partial charge >= 0.3 is 0 Å². The molecule has 0 aliphatic carbocycles. The van der Waals surface area contributed by atoms with Gasteiger partial charge in [0, 0.05) is 6.42 Å². The molecule has 0 radical (unpaired) electrons. The van der Waals surface area contributed by atoms with Gasteiger partial charge in [0.2, 0.25) is 0 Å². The molecule has 2 heterocycles. The van der Waals surface area contributed by atoms with Crippen LogP contribution in [0.25, 0.3) is 5.69 Å². The van der Waals surface area contributed by atoms with E-state index in [2.05, 4.69) is 23.9 Å². The molecular formula is C17H22N6O. The van der Waals surface area contributed by atoms with Crippen molar-refractivity contribution >= 4 is 0 Å². The summed E-state index contributed by atoms with van der Waals surface area (Å²) in [7, 11) is 1.66. The molecule has 0 amide bonds. The second kappa shape index (κ2) is 6.82. The van der Waals surface area contributed by atoms with Crippen LogP contribution in [-0.2, 0) is 6.42 Å². The largest absolute Gasteiger partial charge is 0.497 e. The third-order valence-electron chi connectivity index (χ3n) is 3.79. The van der Waals surface area contributed by atoms with E-state index < -0.39 is 0 Å². The predicted molar refractivity (Wildman–Crippen MR) is 90.3 cm³/mol. The molecule has 3 aromatic rings. The normalized spacial score (nSPS) is 12.5. The summed E-state index contributed by atoms with van der Waals surface area (Å²) in [4.78, 5) is 8.78. The second-order valence-electron chi connectivity index (χ2n) is 6.15. The Morgan fingerprint density at radius 2 is 1.88 bits per heavy atom. The SMILES string of the molecule is COc1ccc(-n2nc(CC(C)C)nc2C(C)n2cncn2)cc1. The first-order valence-corrected chi connectivity index (χ1v) is 8.03. The van der Waals surface area contributed by atoms with Crippen molar-refractivity contribution in [3.63, 3.8) is 0 Å². The van der Waals surface area contributed by atoms with Crippen LogP contribution in [0.15, 0.2) is 36.9 Å². The topological polar surface area (TPSA) is 70.7 Å². The van der Waals surface area contributed by atoms with Crippen molar-refractivity contribution in [1.29, 1.82) is 0 Å². The monoisotopic (exact) mass is 326 g/mol. The third-order valence-corrected chi connectivity index (χ3v) is 3.79. The minimum Gasteiger partial charge on any atom is -0.497 e. The molecule has 1 atom stereocenters. The first-order chi connectivity index (χ1) is 11.6. The van der Waals surface area contributed by atoms with Gasteiger partial charge in [-0.2, -0.15) is 10.2 Å². The van der Waals surface area contributed by atoms with Crippen LogP contribution in [0.5, 0.6) is 5.75 Å². The summed E-state index contributed by atoms with van der Waals surface area (Å²) in [5.74, 6) is 2.97. The highest BCUT2D eigenvalue weighted by molar-refractivity contribution is 5.37. The van der Waals surface area contributed by atoms with Crippen LogP contribution in [0, 0.1) is 5.92 Å². The molecule has 24 heavy (non-hydrogen) atoms. The molecule has 0 fully saturated rings. The Morgan fingerprint density at radius 3 is 2.46 bits per heavy atom. The summed E-state index contributed by atoms with van der Waals surface area (Å²) in [5.41, 5.74) is 0.945. The van der Waals surface area contributed by atoms with Crippen LogP contribution in [0.3, 0.4) is 0 Å². The minimum absolute atomic E-state index is 0.0667. The maximum atomic E-state index is 5.23. The average Bonchev–Trinajstić information content (AvgIpc) is 3.23. The molecule has 0 bridgehead atoms. The number of hydrogen-bond donors (Lipinski definition) is 0. The highest BCUT2D eigenvalue weighted by Crippen LogP contribution is 2.21. The molecule has 0 aliphatic heterocycles. The van der Waals surface area contributed by atoms with Gasteiger partial charge in [0.25, 0.3) is 0 Å². The Hall–Kier alpha value is -2.70. The van der Waals surface area contributed by atoms with E-state index >= 15 is 0 Å². The molecular weight excluding hydrogens is 304 g/mol. The molecule has 1 unspecified atom stereocenters. The van der Waals surface area contributed by atoms with E-state index in [0.29, 0.717) is 5.92 Å². The van der Waals surface area contributed by atoms with E-state index in [1.807, 2.05) is 35.9 Å². The summed E-state index contributed by atoms with van der Waals surface area (Å²) >= 11 is 0. The molecule has 0 aliphatic rings. The zero-order valence-electron chi connectivity index (χ0n) is 14.4. The maximum Gasteiger partial charge on any atom is 0.157 e. The number of rotatable bonds is 6. The van der Waals surface area contributed by atoms with Crippen LogP contribution in [0.2, 0.25) is 0 Å². The van der Waals surface area contributed by atoms with Crippen molar-refractivity contribution in [2.45, 2.75) is 33.2 Å². The Bertz CT molecular complexity index is 776. The molecule has 7 heteroatoms. The van der Waals surface area contributed by atoms with Crippen LogP contribution in [0.4, 0.5) is 0 Å². The number of benzene rings is 1. The lowest BCUT2D eigenvalue weighted by Crippen LogP contribution is -2.14. The summed E-state index contributed by atoms with van der Waals surface area (Å²) in [6, 6.07) is 7.73. The fourth-order valence-electron chi connectivity index (χ4n) is 2.54. The lowest BCUT2D eigenvalue weighted by Gasteiger charge is -2.12. The first-order valence-electron chi connectivity index (χ1n) is 8.03. The molecule has 126 valence electrons. The van der Waals surface area contributed by atoms with Gasteiger partial charge in [-0.05, 0) is 37.1 Å². The Morgan fingerprint density at radius 1 is 1.12 bits per heavy atom. The van der Waals surface area contributed by atoms with Crippen LogP contribution in [0.1, 0.15) is 38.5 Å². The Balaban J connectivity index is 2.03. The summed E-state index contributed by atoms with van der Waals surface area (Å²) in [6.45, 7) is 6.36. The summed E-state index contributed by atoms with van der Waals surface area (Å²) in [5, 5.41) is 8.94. The van der Waals surface area contributed by atoms with Gasteiger partial charge in [-0.15, -0.1) is 0 Å². The fraction of sp³-hybridized carbons (Fsp3) is 0.412. The average molecular weight is 326 g/mol. The van der Waals surface area contributed by atoms with Gasteiger partial charge in [-0.3, -0.25) is 0 Å². The summed E-state index contributed by atoms with van der Waals surface area (Å²) < 4.78 is 8.89. The van der Waals surface area contributed by atoms with E-state index in [-0.39, 0.29) is 6.04 Å². The van der Waals surface area contributed by atoms with E-state index in [4.69, 9.17) is 14.8 Å². The third kappa shape index (κ3) is 3.29. The lowest BCUT2D eigenvalue weighted by atomic mass is 10.1. The van der Waals surface area contributed by atoms with Crippen molar-refractivity contribution < 1.29 is 4.74 Å². The van der Waals surface area contributed by atoms with Crippen molar-refractivity contribution in [3.05, 3.63) is 48.6 Å². The van der Waals surface area contributed by atoms with Crippen molar-refractivity contribution in [2.24, 2.45) is 5.92 Å². The zero-order chi connectivity index (χ0) is 17.1. The Kier molecular flexibility index (Phi) is 4.59. The highest BCUT2D eigenvalue weighted by atomic mass is 16.5. The number of ether oxygens (including phenoxy) is 1. The molecule has 0 saturated carbocycles. The molecule has 2 aromatic heterocycles. The molecule has 0 N–H and O–H groups in total. The highest BCUT2D eigenvalue weighted by Gasteiger charge is 2.20. The molecule has 0 saturated heterocycles.